The molecule has 12 heavy (non-hydrogen) atoms. The molecule has 1 unspecified atom stereocenters. The predicted molar refractivity (Wildman–Crippen MR) is 42.5 cm³/mol. The Morgan fingerprint density at radius 1 is 1.33 bits per heavy atom. The fourth-order valence-corrected chi connectivity index (χ4v) is 2.21. The van der Waals surface area contributed by atoms with Gasteiger partial charge in [0.05, 0.1) is 0 Å². The maximum Gasteiger partial charge on any atom is 0.335 e. The topological polar surface area (TPSA) is 46.5 Å². The van der Waals surface area contributed by atoms with Crippen molar-refractivity contribution in [3.05, 3.63) is 0 Å². The highest BCUT2D eigenvalue weighted by atomic mass is 16.6. The van der Waals surface area contributed by atoms with Gasteiger partial charge in [-0.15, -0.1) is 0 Å². The minimum Gasteiger partial charge on any atom is -0.460 e. The molecule has 1 aliphatic carbocycles. The molecule has 2 aliphatic rings. The summed E-state index contributed by atoms with van der Waals surface area (Å²) in [4.78, 5) is 11.0. The Morgan fingerprint density at radius 2 is 2.08 bits per heavy atom. The molecule has 1 saturated heterocycles. The van der Waals surface area contributed by atoms with E-state index in [-0.39, 0.29) is 6.10 Å². The minimum atomic E-state index is -0.857. The summed E-state index contributed by atoms with van der Waals surface area (Å²) in [6, 6.07) is 0. The van der Waals surface area contributed by atoms with Crippen molar-refractivity contribution in [1.82, 2.24) is 0 Å². The average molecular weight is 170 g/mol. The van der Waals surface area contributed by atoms with Crippen molar-refractivity contribution < 1.29 is 14.6 Å². The van der Waals surface area contributed by atoms with E-state index in [2.05, 4.69) is 0 Å². The number of ether oxygens (including phenoxy) is 1. The summed E-state index contributed by atoms with van der Waals surface area (Å²) in [5.74, 6) is 0.00426. The molecular formula is C9H14O3. The molecule has 0 aromatic heterocycles. The van der Waals surface area contributed by atoms with Gasteiger partial charge in [-0.3, -0.25) is 0 Å². The van der Waals surface area contributed by atoms with Gasteiger partial charge in [-0.2, -0.15) is 0 Å². The third-order valence-corrected chi connectivity index (χ3v) is 2.90. The largest absolute Gasteiger partial charge is 0.460 e. The zero-order valence-electron chi connectivity index (χ0n) is 7.03. The van der Waals surface area contributed by atoms with Gasteiger partial charge in [0.25, 0.3) is 0 Å². The Bertz CT molecular complexity index is 190. The van der Waals surface area contributed by atoms with Crippen LogP contribution >= 0.6 is 0 Å². The molecule has 0 amide bonds. The molecule has 2 rings (SSSR count). The normalized spacial score (nSPS) is 41.8. The molecule has 1 heterocycles. The molecule has 1 saturated carbocycles. The lowest BCUT2D eigenvalue weighted by Crippen LogP contribution is -2.42. The van der Waals surface area contributed by atoms with Crippen LogP contribution < -0.4 is 0 Å². The van der Waals surface area contributed by atoms with Gasteiger partial charge in [0.15, 0.2) is 6.10 Å². The second-order valence-corrected chi connectivity index (χ2v) is 3.77. The first kappa shape index (κ1) is 8.05. The van der Waals surface area contributed by atoms with Gasteiger partial charge >= 0.3 is 5.97 Å². The molecule has 1 N–H and O–H groups in total. The average Bonchev–Trinajstić information content (AvgIpc) is 2.07. The van der Waals surface area contributed by atoms with Crippen LogP contribution in [0.5, 0.6) is 0 Å². The van der Waals surface area contributed by atoms with Gasteiger partial charge in [-0.1, -0.05) is 6.42 Å². The number of carbonyl (C=O) groups excluding carboxylic acids is 1. The monoisotopic (exact) mass is 170 g/mol. The number of hydrogen-bond acceptors (Lipinski definition) is 3. The van der Waals surface area contributed by atoms with Crippen LogP contribution in [-0.2, 0) is 9.53 Å². The van der Waals surface area contributed by atoms with E-state index in [9.17, 15) is 9.90 Å². The van der Waals surface area contributed by atoms with Crippen LogP contribution in [-0.4, -0.2) is 23.3 Å². The number of rotatable bonds is 0. The third kappa shape index (κ3) is 1.33. The van der Waals surface area contributed by atoms with E-state index < -0.39 is 12.1 Å². The summed E-state index contributed by atoms with van der Waals surface area (Å²) in [6.45, 7) is 0. The van der Waals surface area contributed by atoms with Gasteiger partial charge in [0.1, 0.15) is 6.10 Å². The lowest BCUT2D eigenvalue weighted by Gasteiger charge is -2.36. The van der Waals surface area contributed by atoms with Crippen molar-refractivity contribution in [3.63, 3.8) is 0 Å². The highest BCUT2D eigenvalue weighted by Gasteiger charge is 2.37. The second-order valence-electron chi connectivity index (χ2n) is 3.77. The van der Waals surface area contributed by atoms with Crippen molar-refractivity contribution in [2.75, 3.05) is 0 Å². The van der Waals surface area contributed by atoms with Gasteiger partial charge in [0.2, 0.25) is 0 Å². The first-order valence-corrected chi connectivity index (χ1v) is 4.66. The number of aliphatic hydroxyl groups is 1. The van der Waals surface area contributed by atoms with Crippen LogP contribution in [0.1, 0.15) is 32.1 Å². The highest BCUT2D eigenvalue weighted by Crippen LogP contribution is 2.33. The molecule has 3 nitrogen and oxygen atoms in total. The number of aliphatic hydroxyl groups excluding tert-OH is 1. The lowest BCUT2D eigenvalue weighted by atomic mass is 9.81. The molecule has 3 heteroatoms. The first-order valence-electron chi connectivity index (χ1n) is 4.66. The highest BCUT2D eigenvalue weighted by molar-refractivity contribution is 5.75. The third-order valence-electron chi connectivity index (χ3n) is 2.90. The Labute approximate surface area is 71.7 Å². The minimum absolute atomic E-state index is 0.106. The van der Waals surface area contributed by atoms with Crippen LogP contribution in [0, 0.1) is 5.92 Å². The molecule has 0 aromatic carbocycles. The molecule has 0 radical (unpaired) electrons. The molecular weight excluding hydrogens is 156 g/mol. The van der Waals surface area contributed by atoms with E-state index in [1.807, 2.05) is 0 Å². The Kier molecular flexibility index (Phi) is 2.05. The fraction of sp³-hybridized carbons (Fsp3) is 0.889. The molecule has 2 fully saturated rings. The summed E-state index contributed by atoms with van der Waals surface area (Å²) in [5, 5.41) is 9.24. The Hall–Kier alpha value is -0.570. The number of carbonyl (C=O) groups is 1. The van der Waals surface area contributed by atoms with Crippen LogP contribution in [0.25, 0.3) is 0 Å². The van der Waals surface area contributed by atoms with E-state index in [4.69, 9.17) is 4.74 Å². The van der Waals surface area contributed by atoms with Crippen molar-refractivity contribution in [1.29, 1.82) is 0 Å². The number of fused-ring (bicyclic) bond motifs is 1. The van der Waals surface area contributed by atoms with Crippen molar-refractivity contribution in [3.8, 4) is 0 Å². The van der Waals surface area contributed by atoms with Crippen LogP contribution in [0.3, 0.4) is 0 Å². The quantitative estimate of drug-likeness (QED) is 0.548. The molecule has 1 aliphatic heterocycles. The zero-order chi connectivity index (χ0) is 8.55. The zero-order valence-corrected chi connectivity index (χ0v) is 7.03. The first-order chi connectivity index (χ1) is 5.77. The SMILES string of the molecule is O=C1O[C@H]2CCCC[C@H]2CC1O. The molecule has 0 spiro atoms. The van der Waals surface area contributed by atoms with Crippen LogP contribution in [0.4, 0.5) is 0 Å². The van der Waals surface area contributed by atoms with Crippen LogP contribution in [0.2, 0.25) is 0 Å². The van der Waals surface area contributed by atoms with Gasteiger partial charge in [-0.05, 0) is 31.6 Å². The molecule has 0 aromatic rings. The number of esters is 1. The maximum atomic E-state index is 11.0. The predicted octanol–water partition coefficient (Wildman–Crippen LogP) is 0.853. The van der Waals surface area contributed by atoms with Gasteiger partial charge < -0.3 is 9.84 Å². The van der Waals surface area contributed by atoms with E-state index in [1.165, 1.54) is 6.42 Å². The standard InChI is InChI=1S/C9H14O3/c10-7-5-6-3-1-2-4-8(6)12-9(7)11/h6-8,10H,1-5H2/t6-,7?,8-/m0/s1. The van der Waals surface area contributed by atoms with E-state index in [1.54, 1.807) is 0 Å². The smallest absolute Gasteiger partial charge is 0.335 e. The molecule has 68 valence electrons. The summed E-state index contributed by atoms with van der Waals surface area (Å²) >= 11 is 0. The lowest BCUT2D eigenvalue weighted by molar-refractivity contribution is -0.175. The van der Waals surface area contributed by atoms with Crippen molar-refractivity contribution in [2.24, 2.45) is 5.92 Å². The summed E-state index contributed by atoms with van der Waals surface area (Å²) in [7, 11) is 0. The Morgan fingerprint density at radius 3 is 2.92 bits per heavy atom. The fourth-order valence-electron chi connectivity index (χ4n) is 2.21. The maximum absolute atomic E-state index is 11.0. The second kappa shape index (κ2) is 3.05. The summed E-state index contributed by atoms with van der Waals surface area (Å²) < 4.78 is 5.11. The van der Waals surface area contributed by atoms with Crippen molar-refractivity contribution in [2.45, 2.75) is 44.3 Å². The van der Waals surface area contributed by atoms with E-state index in [0.29, 0.717) is 12.3 Å². The molecule has 3 atom stereocenters. The number of hydrogen-bond donors (Lipinski definition) is 1. The van der Waals surface area contributed by atoms with E-state index in [0.717, 1.165) is 19.3 Å². The van der Waals surface area contributed by atoms with E-state index >= 15 is 0 Å². The Balaban J connectivity index is 2.02. The molecule has 0 bridgehead atoms. The summed E-state index contributed by atoms with van der Waals surface area (Å²) in [5.41, 5.74) is 0. The van der Waals surface area contributed by atoms with Gasteiger partial charge in [-0.25, -0.2) is 4.79 Å². The van der Waals surface area contributed by atoms with Crippen LogP contribution in [0.15, 0.2) is 0 Å². The van der Waals surface area contributed by atoms with Crippen molar-refractivity contribution >= 4 is 5.97 Å². The van der Waals surface area contributed by atoms with Gasteiger partial charge in [0, 0.05) is 0 Å². The summed E-state index contributed by atoms with van der Waals surface area (Å²) in [6.07, 6.45) is 4.33.